The van der Waals surface area contributed by atoms with E-state index < -0.39 is 0 Å². The van der Waals surface area contributed by atoms with Crippen LogP contribution in [0.5, 0.6) is 0 Å². The molecular weight excluding hydrogens is 325 g/mol. The molecule has 138 valence electrons. The van der Waals surface area contributed by atoms with E-state index in [1.807, 2.05) is 18.2 Å². The summed E-state index contributed by atoms with van der Waals surface area (Å²) in [6.07, 6.45) is 8.30. The SMILES string of the molecule is C[C@]12CC3CC([NH2+]Cc4ccc(-c5ccccc5F)o4)(C1)C[C@@](C)(C3)C2. The molecule has 0 spiro atoms. The van der Waals surface area contributed by atoms with E-state index in [-0.39, 0.29) is 5.82 Å². The van der Waals surface area contributed by atoms with E-state index in [0.717, 1.165) is 18.2 Å². The molecule has 1 aromatic heterocycles. The molecule has 4 atom stereocenters. The van der Waals surface area contributed by atoms with Crippen LogP contribution >= 0.6 is 0 Å². The zero-order valence-corrected chi connectivity index (χ0v) is 15.9. The van der Waals surface area contributed by atoms with Crippen molar-refractivity contribution in [2.75, 3.05) is 0 Å². The van der Waals surface area contributed by atoms with Gasteiger partial charge in [-0.3, -0.25) is 0 Å². The van der Waals surface area contributed by atoms with Crippen molar-refractivity contribution in [3.8, 4) is 11.3 Å². The molecule has 1 aromatic carbocycles. The van der Waals surface area contributed by atoms with Crippen LogP contribution in [0.15, 0.2) is 40.8 Å². The summed E-state index contributed by atoms with van der Waals surface area (Å²) in [6.45, 7) is 5.89. The molecule has 26 heavy (non-hydrogen) atoms. The largest absolute Gasteiger partial charge is 0.455 e. The Labute approximate surface area is 155 Å². The third-order valence-electron chi connectivity index (χ3n) is 7.21. The van der Waals surface area contributed by atoms with Crippen LogP contribution in [-0.2, 0) is 6.54 Å². The van der Waals surface area contributed by atoms with Crippen molar-refractivity contribution in [2.24, 2.45) is 16.7 Å². The van der Waals surface area contributed by atoms with E-state index in [2.05, 4.69) is 19.2 Å². The zero-order chi connectivity index (χ0) is 18.0. The van der Waals surface area contributed by atoms with Gasteiger partial charge in [0.25, 0.3) is 0 Å². The Hall–Kier alpha value is -1.61. The van der Waals surface area contributed by atoms with Gasteiger partial charge in [-0.25, -0.2) is 4.39 Å². The highest BCUT2D eigenvalue weighted by molar-refractivity contribution is 5.58. The molecule has 1 heterocycles. The Morgan fingerprint density at radius 3 is 2.42 bits per heavy atom. The van der Waals surface area contributed by atoms with Crippen LogP contribution in [-0.4, -0.2) is 5.54 Å². The van der Waals surface area contributed by atoms with Gasteiger partial charge in [0.1, 0.15) is 18.1 Å². The number of nitrogens with two attached hydrogens (primary N) is 1. The predicted molar refractivity (Wildman–Crippen MR) is 99.9 cm³/mol. The molecule has 3 heteroatoms. The zero-order valence-electron chi connectivity index (χ0n) is 15.9. The first-order valence-corrected chi connectivity index (χ1v) is 10.0. The summed E-state index contributed by atoms with van der Waals surface area (Å²) in [7, 11) is 0. The molecule has 4 fully saturated rings. The Bertz CT molecular complexity index is 822. The van der Waals surface area contributed by atoms with Crippen LogP contribution < -0.4 is 5.32 Å². The molecule has 0 amide bonds. The van der Waals surface area contributed by atoms with Crippen molar-refractivity contribution < 1.29 is 14.1 Å². The highest BCUT2D eigenvalue weighted by atomic mass is 19.1. The van der Waals surface area contributed by atoms with Crippen molar-refractivity contribution in [1.82, 2.24) is 0 Å². The summed E-state index contributed by atoms with van der Waals surface area (Å²) in [5.41, 5.74) is 2.00. The van der Waals surface area contributed by atoms with Crippen LogP contribution in [0, 0.1) is 22.6 Å². The van der Waals surface area contributed by atoms with Gasteiger partial charge >= 0.3 is 0 Å². The molecule has 0 saturated heterocycles. The van der Waals surface area contributed by atoms with Gasteiger partial charge in [0.05, 0.1) is 11.1 Å². The minimum Gasteiger partial charge on any atom is -0.455 e. The van der Waals surface area contributed by atoms with Gasteiger partial charge in [0.15, 0.2) is 5.76 Å². The average molecular weight is 354 g/mol. The Morgan fingerprint density at radius 2 is 1.73 bits per heavy atom. The first kappa shape index (κ1) is 16.6. The van der Waals surface area contributed by atoms with E-state index in [4.69, 9.17) is 4.42 Å². The quantitative estimate of drug-likeness (QED) is 0.832. The third-order valence-corrected chi connectivity index (χ3v) is 7.21. The lowest BCUT2D eigenvalue weighted by atomic mass is 9.43. The van der Waals surface area contributed by atoms with Gasteiger partial charge in [-0.15, -0.1) is 0 Å². The lowest BCUT2D eigenvalue weighted by molar-refractivity contribution is -0.757. The maximum atomic E-state index is 14.0. The summed E-state index contributed by atoms with van der Waals surface area (Å²) in [6, 6.07) is 10.8. The second-order valence-electron chi connectivity index (χ2n) is 10.1. The molecule has 2 N–H and O–H groups in total. The normalized spacial score (nSPS) is 38.0. The standard InChI is InChI=1S/C23H28FNO/c1-21-9-16-10-22(2,13-21)15-23(11-16,14-21)25-12-17-7-8-20(26-17)18-5-3-4-6-19(18)24/h3-8,16,25H,9-15H2,1-2H3/p+1/t16?,21-,22+,23?. The molecule has 4 saturated carbocycles. The van der Waals surface area contributed by atoms with Gasteiger partial charge in [-0.1, -0.05) is 26.0 Å². The van der Waals surface area contributed by atoms with Crippen LogP contribution in [0.25, 0.3) is 11.3 Å². The van der Waals surface area contributed by atoms with E-state index in [9.17, 15) is 4.39 Å². The number of benzene rings is 1. The maximum absolute atomic E-state index is 14.0. The second-order valence-corrected chi connectivity index (χ2v) is 10.1. The molecule has 0 radical (unpaired) electrons. The smallest absolute Gasteiger partial charge is 0.158 e. The second kappa shape index (κ2) is 5.45. The van der Waals surface area contributed by atoms with Crippen LogP contribution in [0.1, 0.15) is 58.1 Å². The maximum Gasteiger partial charge on any atom is 0.158 e. The molecule has 0 aliphatic heterocycles. The number of quaternary nitrogens is 1. The van der Waals surface area contributed by atoms with E-state index in [1.54, 1.807) is 12.1 Å². The molecule has 2 aromatic rings. The van der Waals surface area contributed by atoms with Gasteiger partial charge in [0.2, 0.25) is 0 Å². The van der Waals surface area contributed by atoms with Crippen molar-refractivity contribution >= 4 is 0 Å². The number of halogens is 1. The fraction of sp³-hybridized carbons (Fsp3) is 0.565. The van der Waals surface area contributed by atoms with Gasteiger partial charge in [0, 0.05) is 19.3 Å². The van der Waals surface area contributed by atoms with Crippen molar-refractivity contribution in [2.45, 2.75) is 64.5 Å². The van der Waals surface area contributed by atoms with E-state index in [1.165, 1.54) is 44.6 Å². The molecule has 2 unspecified atom stereocenters. The lowest BCUT2D eigenvalue weighted by Gasteiger charge is -2.63. The highest BCUT2D eigenvalue weighted by Gasteiger charge is 2.62. The monoisotopic (exact) mass is 354 g/mol. The lowest BCUT2D eigenvalue weighted by Crippen LogP contribution is -2.98. The van der Waals surface area contributed by atoms with Gasteiger partial charge < -0.3 is 9.73 Å². The topological polar surface area (TPSA) is 29.8 Å². The van der Waals surface area contributed by atoms with E-state index >= 15 is 0 Å². The number of hydrogen-bond donors (Lipinski definition) is 1. The Balaban J connectivity index is 1.34. The molecular formula is C23H29FNO+. The summed E-state index contributed by atoms with van der Waals surface area (Å²) >= 11 is 0. The summed E-state index contributed by atoms with van der Waals surface area (Å²) in [5, 5.41) is 2.55. The van der Waals surface area contributed by atoms with E-state index in [0.29, 0.717) is 27.7 Å². The molecule has 4 aliphatic rings. The summed E-state index contributed by atoms with van der Waals surface area (Å²) < 4.78 is 20.0. The number of furan rings is 1. The Morgan fingerprint density at radius 1 is 1.00 bits per heavy atom. The fourth-order valence-electron chi connectivity index (χ4n) is 7.37. The molecule has 4 bridgehead atoms. The molecule has 6 rings (SSSR count). The number of rotatable bonds is 4. The molecule has 4 aliphatic carbocycles. The highest BCUT2D eigenvalue weighted by Crippen LogP contribution is 2.65. The van der Waals surface area contributed by atoms with Gasteiger partial charge in [-0.2, -0.15) is 0 Å². The predicted octanol–water partition coefficient (Wildman–Crippen LogP) is 4.90. The van der Waals surface area contributed by atoms with Crippen LogP contribution in [0.3, 0.4) is 0 Å². The van der Waals surface area contributed by atoms with Crippen molar-refractivity contribution in [3.63, 3.8) is 0 Å². The fourth-order valence-corrected chi connectivity index (χ4v) is 7.37. The van der Waals surface area contributed by atoms with Gasteiger partial charge in [-0.05, 0) is 60.3 Å². The number of hydrogen-bond acceptors (Lipinski definition) is 1. The first-order valence-electron chi connectivity index (χ1n) is 10.0. The third kappa shape index (κ3) is 2.72. The van der Waals surface area contributed by atoms with Crippen LogP contribution in [0.2, 0.25) is 0 Å². The van der Waals surface area contributed by atoms with Crippen molar-refractivity contribution in [3.05, 3.63) is 48.0 Å². The minimum atomic E-state index is -0.223. The first-order chi connectivity index (χ1) is 12.4. The minimum absolute atomic E-state index is 0.223. The molecule has 2 nitrogen and oxygen atoms in total. The Kier molecular flexibility index (Phi) is 3.47. The summed E-state index contributed by atoms with van der Waals surface area (Å²) in [5.74, 6) is 2.27. The van der Waals surface area contributed by atoms with Crippen molar-refractivity contribution in [1.29, 1.82) is 0 Å². The summed E-state index contributed by atoms with van der Waals surface area (Å²) in [4.78, 5) is 0. The average Bonchev–Trinajstić information content (AvgIpc) is 2.99. The van der Waals surface area contributed by atoms with Crippen LogP contribution in [0.4, 0.5) is 4.39 Å².